The molecule has 0 saturated heterocycles. The molecule has 0 unspecified atom stereocenters. The van der Waals surface area contributed by atoms with Crippen molar-refractivity contribution >= 4 is 35.6 Å². The smallest absolute Gasteiger partial charge is 0.193 e. The molecule has 2 aromatic rings. The van der Waals surface area contributed by atoms with Crippen LogP contribution in [0.25, 0.3) is 0 Å². The Kier molecular flexibility index (Phi) is 7.88. The number of rotatable bonds is 5. The fraction of sp³-hybridized carbons (Fsp3) is 0.278. The first-order chi connectivity index (χ1) is 10.5. The molecule has 4 nitrogen and oxygen atoms in total. The fourth-order valence-electron chi connectivity index (χ4n) is 2.26. The van der Waals surface area contributed by atoms with Crippen molar-refractivity contribution in [2.75, 3.05) is 18.5 Å². The Labute approximate surface area is 155 Å². The first-order valence-electron chi connectivity index (χ1n) is 7.37. The van der Waals surface area contributed by atoms with Crippen molar-refractivity contribution < 1.29 is 4.74 Å². The van der Waals surface area contributed by atoms with E-state index in [4.69, 9.17) is 10.5 Å². The van der Waals surface area contributed by atoms with E-state index in [1.807, 2.05) is 43.3 Å². The first-order valence-corrected chi connectivity index (χ1v) is 7.37. The molecule has 0 saturated carbocycles. The van der Waals surface area contributed by atoms with Crippen LogP contribution in [0.4, 0.5) is 5.69 Å². The van der Waals surface area contributed by atoms with Gasteiger partial charge in [-0.05, 0) is 61.7 Å². The Morgan fingerprint density at radius 3 is 2.39 bits per heavy atom. The third-order valence-corrected chi connectivity index (χ3v) is 3.13. The quantitative estimate of drug-likeness (QED) is 0.329. The van der Waals surface area contributed by atoms with Gasteiger partial charge in [0.1, 0.15) is 12.4 Å². The second kappa shape index (κ2) is 9.39. The second-order valence-electron chi connectivity index (χ2n) is 5.43. The van der Waals surface area contributed by atoms with Gasteiger partial charge < -0.3 is 15.8 Å². The third-order valence-electron chi connectivity index (χ3n) is 3.13. The molecule has 23 heavy (non-hydrogen) atoms. The summed E-state index contributed by atoms with van der Waals surface area (Å²) in [5, 5.41) is 3.07. The summed E-state index contributed by atoms with van der Waals surface area (Å²) in [6.45, 7) is 7.16. The molecule has 3 N–H and O–H groups in total. The molecule has 0 radical (unpaired) electrons. The molecule has 0 atom stereocenters. The molecule has 0 aliphatic carbocycles. The fourth-order valence-corrected chi connectivity index (χ4v) is 2.26. The molecule has 124 valence electrons. The summed E-state index contributed by atoms with van der Waals surface area (Å²) in [5.74, 6) is 1.27. The summed E-state index contributed by atoms with van der Waals surface area (Å²) in [6, 6.07) is 14.2. The van der Waals surface area contributed by atoms with E-state index in [2.05, 4.69) is 30.2 Å². The number of hydrogen-bond acceptors (Lipinski definition) is 2. The van der Waals surface area contributed by atoms with Crippen molar-refractivity contribution in [3.8, 4) is 5.75 Å². The third kappa shape index (κ3) is 6.90. The zero-order valence-electron chi connectivity index (χ0n) is 13.8. The van der Waals surface area contributed by atoms with Crippen LogP contribution in [0.1, 0.15) is 16.7 Å². The van der Waals surface area contributed by atoms with Crippen LogP contribution in [0.15, 0.2) is 47.5 Å². The molecule has 0 aromatic heterocycles. The number of nitrogens with zero attached hydrogens (tertiary/aromatic N) is 1. The van der Waals surface area contributed by atoms with Crippen LogP contribution >= 0.6 is 24.0 Å². The SMILES string of the molecule is Cc1cccc(NC(N)=NCCOc2cc(C)cc(C)c2)c1.I. The zero-order chi connectivity index (χ0) is 15.9. The summed E-state index contributed by atoms with van der Waals surface area (Å²) >= 11 is 0. The van der Waals surface area contributed by atoms with E-state index >= 15 is 0 Å². The van der Waals surface area contributed by atoms with E-state index in [9.17, 15) is 0 Å². The van der Waals surface area contributed by atoms with Gasteiger partial charge in [-0.15, -0.1) is 24.0 Å². The number of halogens is 1. The van der Waals surface area contributed by atoms with Crippen molar-refractivity contribution in [3.63, 3.8) is 0 Å². The maximum absolute atomic E-state index is 5.87. The molecule has 0 amide bonds. The van der Waals surface area contributed by atoms with E-state index in [1.165, 1.54) is 16.7 Å². The number of benzene rings is 2. The lowest BCUT2D eigenvalue weighted by atomic mass is 10.1. The Morgan fingerprint density at radius 2 is 1.74 bits per heavy atom. The predicted molar refractivity (Wildman–Crippen MR) is 108 cm³/mol. The molecule has 0 spiro atoms. The van der Waals surface area contributed by atoms with Gasteiger partial charge >= 0.3 is 0 Å². The van der Waals surface area contributed by atoms with Gasteiger partial charge in [-0.2, -0.15) is 0 Å². The molecule has 0 bridgehead atoms. The van der Waals surface area contributed by atoms with E-state index in [0.717, 1.165) is 11.4 Å². The minimum Gasteiger partial charge on any atom is -0.492 e. The minimum atomic E-state index is 0. The summed E-state index contributed by atoms with van der Waals surface area (Å²) in [4.78, 5) is 4.27. The van der Waals surface area contributed by atoms with Crippen LogP contribution in [-0.2, 0) is 0 Å². The van der Waals surface area contributed by atoms with Crippen LogP contribution in [0.5, 0.6) is 5.75 Å². The Morgan fingerprint density at radius 1 is 1.04 bits per heavy atom. The maximum atomic E-state index is 5.87. The normalized spacial score (nSPS) is 10.8. The lowest BCUT2D eigenvalue weighted by molar-refractivity contribution is 0.328. The molecule has 0 heterocycles. The van der Waals surface area contributed by atoms with Crippen molar-refractivity contribution in [2.24, 2.45) is 10.7 Å². The van der Waals surface area contributed by atoms with Gasteiger partial charge in [0.25, 0.3) is 0 Å². The molecule has 2 aromatic carbocycles. The highest BCUT2D eigenvalue weighted by Crippen LogP contribution is 2.16. The van der Waals surface area contributed by atoms with Crippen LogP contribution in [-0.4, -0.2) is 19.1 Å². The molecular formula is C18H24IN3O. The van der Waals surface area contributed by atoms with Crippen molar-refractivity contribution in [2.45, 2.75) is 20.8 Å². The molecule has 0 fully saturated rings. The number of anilines is 1. The van der Waals surface area contributed by atoms with Gasteiger partial charge in [0.15, 0.2) is 5.96 Å². The van der Waals surface area contributed by atoms with Crippen LogP contribution < -0.4 is 15.8 Å². The van der Waals surface area contributed by atoms with Crippen LogP contribution in [0.3, 0.4) is 0 Å². The average Bonchev–Trinajstić information content (AvgIpc) is 2.42. The van der Waals surface area contributed by atoms with E-state index in [1.54, 1.807) is 0 Å². The van der Waals surface area contributed by atoms with Crippen molar-refractivity contribution in [1.82, 2.24) is 0 Å². The molecule has 0 aliphatic heterocycles. The summed E-state index contributed by atoms with van der Waals surface area (Å²) < 4.78 is 5.70. The number of hydrogen-bond donors (Lipinski definition) is 2. The number of nitrogens with two attached hydrogens (primary N) is 1. The highest BCUT2D eigenvalue weighted by Gasteiger charge is 1.98. The topological polar surface area (TPSA) is 59.6 Å². The number of aliphatic imine (C=N–C) groups is 1. The van der Waals surface area contributed by atoms with Crippen LogP contribution in [0.2, 0.25) is 0 Å². The van der Waals surface area contributed by atoms with E-state index in [0.29, 0.717) is 19.1 Å². The molecule has 5 heteroatoms. The summed E-state index contributed by atoms with van der Waals surface area (Å²) in [7, 11) is 0. The highest BCUT2D eigenvalue weighted by atomic mass is 127. The lowest BCUT2D eigenvalue weighted by Crippen LogP contribution is -2.23. The Hall–Kier alpha value is -1.76. The Bertz CT molecular complexity index is 651. The summed E-state index contributed by atoms with van der Waals surface area (Å²) in [5.41, 5.74) is 10.4. The summed E-state index contributed by atoms with van der Waals surface area (Å²) in [6.07, 6.45) is 0. The standard InChI is InChI=1S/C18H23N3O.HI/c1-13-5-4-6-16(10-13)21-18(19)20-7-8-22-17-11-14(2)9-15(3)12-17;/h4-6,9-12H,7-8H2,1-3H3,(H3,19,20,21);1H. The minimum absolute atomic E-state index is 0. The molecular weight excluding hydrogens is 401 g/mol. The average molecular weight is 425 g/mol. The maximum Gasteiger partial charge on any atom is 0.193 e. The highest BCUT2D eigenvalue weighted by molar-refractivity contribution is 14.0. The van der Waals surface area contributed by atoms with Gasteiger partial charge in [0.05, 0.1) is 6.54 Å². The Balaban J connectivity index is 0.00000264. The van der Waals surface area contributed by atoms with E-state index < -0.39 is 0 Å². The first kappa shape index (κ1) is 19.3. The lowest BCUT2D eigenvalue weighted by Gasteiger charge is -2.08. The van der Waals surface area contributed by atoms with Crippen LogP contribution in [0, 0.1) is 20.8 Å². The predicted octanol–water partition coefficient (Wildman–Crippen LogP) is 4.04. The zero-order valence-corrected chi connectivity index (χ0v) is 16.1. The number of guanidine groups is 1. The molecule has 0 aliphatic rings. The van der Waals surface area contributed by atoms with Gasteiger partial charge in [-0.25, -0.2) is 4.99 Å². The largest absolute Gasteiger partial charge is 0.492 e. The van der Waals surface area contributed by atoms with Crippen molar-refractivity contribution in [3.05, 3.63) is 59.2 Å². The van der Waals surface area contributed by atoms with E-state index in [-0.39, 0.29) is 24.0 Å². The molecule has 2 rings (SSSR count). The van der Waals surface area contributed by atoms with Crippen molar-refractivity contribution in [1.29, 1.82) is 0 Å². The van der Waals surface area contributed by atoms with Gasteiger partial charge in [-0.3, -0.25) is 0 Å². The number of aryl methyl sites for hydroxylation is 3. The second-order valence-corrected chi connectivity index (χ2v) is 5.43. The van der Waals surface area contributed by atoms with Gasteiger partial charge in [0, 0.05) is 5.69 Å². The monoisotopic (exact) mass is 425 g/mol. The van der Waals surface area contributed by atoms with Gasteiger partial charge in [0.2, 0.25) is 0 Å². The number of nitrogens with one attached hydrogen (secondary N) is 1. The van der Waals surface area contributed by atoms with Gasteiger partial charge in [-0.1, -0.05) is 18.2 Å². The number of ether oxygens (including phenoxy) is 1.